The van der Waals surface area contributed by atoms with Gasteiger partial charge in [-0.3, -0.25) is 0 Å². The second-order valence-corrected chi connectivity index (χ2v) is 5.81. The van der Waals surface area contributed by atoms with Crippen LogP contribution in [0.2, 0.25) is 0 Å². The van der Waals surface area contributed by atoms with Gasteiger partial charge in [0.1, 0.15) is 11.7 Å². The van der Waals surface area contributed by atoms with E-state index in [0.29, 0.717) is 11.1 Å². The molecular formula is C20H27F2N. The fourth-order valence-corrected chi connectivity index (χ4v) is 2.48. The highest BCUT2D eigenvalue weighted by Gasteiger charge is 2.30. The van der Waals surface area contributed by atoms with Crippen LogP contribution >= 0.6 is 0 Å². The van der Waals surface area contributed by atoms with Crippen LogP contribution in [0.5, 0.6) is 0 Å². The third kappa shape index (κ3) is 5.12. The highest BCUT2D eigenvalue weighted by atomic mass is 19.1. The molecule has 3 heteroatoms. The van der Waals surface area contributed by atoms with Crippen molar-refractivity contribution in [2.45, 2.75) is 53.4 Å². The van der Waals surface area contributed by atoms with Gasteiger partial charge in [0.05, 0.1) is 5.71 Å². The van der Waals surface area contributed by atoms with E-state index in [1.807, 2.05) is 25.2 Å². The summed E-state index contributed by atoms with van der Waals surface area (Å²) in [5.41, 5.74) is 2.04. The molecule has 0 radical (unpaired) electrons. The van der Waals surface area contributed by atoms with Crippen LogP contribution in [0.4, 0.5) is 8.78 Å². The Kier molecular flexibility index (Phi) is 7.87. The summed E-state index contributed by atoms with van der Waals surface area (Å²) >= 11 is 0. The van der Waals surface area contributed by atoms with Crippen LogP contribution in [0.3, 0.4) is 0 Å². The Bertz CT molecular complexity index is 587. The van der Waals surface area contributed by atoms with E-state index >= 15 is 0 Å². The van der Waals surface area contributed by atoms with Crippen molar-refractivity contribution in [2.75, 3.05) is 0 Å². The maximum absolute atomic E-state index is 14.1. The first-order chi connectivity index (χ1) is 11.0. The molecule has 0 spiro atoms. The molecule has 23 heavy (non-hydrogen) atoms. The van der Waals surface area contributed by atoms with Gasteiger partial charge >= 0.3 is 0 Å². The molecule has 1 atom stereocenters. The lowest BCUT2D eigenvalue weighted by Crippen LogP contribution is -2.20. The molecule has 1 unspecified atom stereocenters. The third-order valence-electron chi connectivity index (χ3n) is 3.93. The van der Waals surface area contributed by atoms with Crippen molar-refractivity contribution >= 4 is 5.71 Å². The standard InChI is InChI=1S/C16H17F2N.C4H10/c1-3-5-11-7-4-6-10(2)16(19)15-13(11)8-12(17)9-14(15)18;1-3-4-2/h4-7,9,13,19H,3,8H2,1-2H3;3-4H2,1-2H3/b7-4-,10-6-,11-5?,19-16?;. The van der Waals surface area contributed by atoms with Gasteiger partial charge in [-0.05, 0) is 24.5 Å². The number of hydrogen-bond donors (Lipinski definition) is 1. The van der Waals surface area contributed by atoms with Crippen molar-refractivity contribution in [3.05, 3.63) is 58.8 Å². The second-order valence-electron chi connectivity index (χ2n) is 5.81. The fourth-order valence-electron chi connectivity index (χ4n) is 2.48. The van der Waals surface area contributed by atoms with E-state index in [1.54, 1.807) is 13.0 Å². The Morgan fingerprint density at radius 2 is 1.87 bits per heavy atom. The van der Waals surface area contributed by atoms with Crippen LogP contribution in [0.1, 0.15) is 53.4 Å². The van der Waals surface area contributed by atoms with Crippen molar-refractivity contribution in [1.82, 2.24) is 0 Å². The lowest BCUT2D eigenvalue weighted by Gasteiger charge is -2.26. The Morgan fingerprint density at radius 1 is 1.22 bits per heavy atom. The van der Waals surface area contributed by atoms with Gasteiger partial charge in [-0.1, -0.05) is 57.9 Å². The second kappa shape index (κ2) is 9.39. The monoisotopic (exact) mass is 319 g/mol. The molecule has 0 bridgehead atoms. The molecule has 0 saturated heterocycles. The Balaban J connectivity index is 0.000000593. The van der Waals surface area contributed by atoms with Crippen LogP contribution in [0.15, 0.2) is 58.8 Å². The van der Waals surface area contributed by atoms with Crippen LogP contribution in [-0.4, -0.2) is 5.71 Å². The van der Waals surface area contributed by atoms with Gasteiger partial charge in [-0.2, -0.15) is 0 Å². The average molecular weight is 319 g/mol. The zero-order chi connectivity index (χ0) is 17.4. The summed E-state index contributed by atoms with van der Waals surface area (Å²) in [6, 6.07) is 0. The van der Waals surface area contributed by atoms with Crippen LogP contribution in [-0.2, 0) is 0 Å². The molecule has 0 amide bonds. The summed E-state index contributed by atoms with van der Waals surface area (Å²) in [6.07, 6.45) is 12.0. The molecule has 0 saturated carbocycles. The van der Waals surface area contributed by atoms with Gasteiger partial charge in [0, 0.05) is 24.0 Å². The van der Waals surface area contributed by atoms with Gasteiger partial charge in [0.2, 0.25) is 0 Å². The van der Waals surface area contributed by atoms with Crippen LogP contribution < -0.4 is 0 Å². The van der Waals surface area contributed by atoms with Gasteiger partial charge in [0.25, 0.3) is 0 Å². The topological polar surface area (TPSA) is 23.9 Å². The molecular weight excluding hydrogens is 292 g/mol. The Labute approximate surface area is 138 Å². The first-order valence-corrected chi connectivity index (χ1v) is 8.36. The molecule has 0 aliphatic heterocycles. The molecule has 0 aromatic heterocycles. The normalized spacial score (nSPS) is 26.3. The number of rotatable bonds is 2. The summed E-state index contributed by atoms with van der Waals surface area (Å²) in [7, 11) is 0. The quantitative estimate of drug-likeness (QED) is 0.581. The number of allylic oxidation sites excluding steroid dienone is 10. The van der Waals surface area contributed by atoms with E-state index < -0.39 is 17.6 Å². The van der Waals surface area contributed by atoms with Crippen molar-refractivity contribution in [3.63, 3.8) is 0 Å². The SMILES string of the molecule is CCC=C1/C=C\C=C(\C)C(=N)C2=C(F)C=C(F)CC12.CCCC. The van der Waals surface area contributed by atoms with Crippen LogP contribution in [0, 0.1) is 11.3 Å². The Hall–Kier alpha value is -1.77. The molecule has 0 aromatic rings. The molecule has 2 rings (SSSR count). The lowest BCUT2D eigenvalue weighted by molar-refractivity contribution is 0.511. The zero-order valence-electron chi connectivity index (χ0n) is 14.5. The number of hydrogen-bond acceptors (Lipinski definition) is 1. The van der Waals surface area contributed by atoms with E-state index in [0.717, 1.165) is 18.1 Å². The van der Waals surface area contributed by atoms with E-state index in [1.165, 1.54) is 12.8 Å². The van der Waals surface area contributed by atoms with Gasteiger partial charge in [0.15, 0.2) is 0 Å². The highest BCUT2D eigenvalue weighted by Crippen LogP contribution is 2.38. The van der Waals surface area contributed by atoms with Gasteiger partial charge in [-0.15, -0.1) is 0 Å². The minimum atomic E-state index is -0.621. The van der Waals surface area contributed by atoms with Crippen LogP contribution in [0.25, 0.3) is 0 Å². The summed E-state index contributed by atoms with van der Waals surface area (Å²) < 4.78 is 27.6. The maximum atomic E-state index is 14.1. The number of unbranched alkanes of at least 4 members (excludes halogenated alkanes) is 1. The molecule has 0 fully saturated rings. The van der Waals surface area contributed by atoms with E-state index in [-0.39, 0.29) is 12.1 Å². The van der Waals surface area contributed by atoms with E-state index in [9.17, 15) is 8.78 Å². The summed E-state index contributed by atoms with van der Waals surface area (Å²) in [4.78, 5) is 0. The fraction of sp³-hybridized carbons (Fsp3) is 0.450. The maximum Gasteiger partial charge on any atom is 0.131 e. The first-order valence-electron chi connectivity index (χ1n) is 8.36. The van der Waals surface area contributed by atoms with Gasteiger partial charge < -0.3 is 5.41 Å². The summed E-state index contributed by atoms with van der Waals surface area (Å²) in [5, 5.41) is 8.10. The minimum absolute atomic E-state index is 0.134. The van der Waals surface area contributed by atoms with Crippen molar-refractivity contribution in [2.24, 2.45) is 5.92 Å². The molecule has 126 valence electrons. The summed E-state index contributed by atoms with van der Waals surface area (Å²) in [5.74, 6) is -1.47. The van der Waals surface area contributed by atoms with E-state index in [2.05, 4.69) is 13.8 Å². The minimum Gasteiger partial charge on any atom is -0.300 e. The smallest absolute Gasteiger partial charge is 0.131 e. The average Bonchev–Trinajstić information content (AvgIpc) is 2.52. The molecule has 2 aliphatic carbocycles. The number of halogens is 2. The summed E-state index contributed by atoms with van der Waals surface area (Å²) in [6.45, 7) is 8.12. The predicted octanol–water partition coefficient (Wildman–Crippen LogP) is 6.76. The molecule has 1 N–H and O–H groups in total. The predicted molar refractivity (Wildman–Crippen MR) is 95.0 cm³/mol. The molecule has 0 aromatic carbocycles. The van der Waals surface area contributed by atoms with Crippen molar-refractivity contribution in [3.8, 4) is 0 Å². The first kappa shape index (κ1) is 19.3. The highest BCUT2D eigenvalue weighted by molar-refractivity contribution is 6.11. The van der Waals surface area contributed by atoms with Crippen molar-refractivity contribution in [1.29, 1.82) is 5.41 Å². The number of fused-ring (bicyclic) bond motifs is 1. The van der Waals surface area contributed by atoms with Gasteiger partial charge in [-0.25, -0.2) is 8.78 Å². The Morgan fingerprint density at radius 3 is 2.43 bits per heavy atom. The van der Waals surface area contributed by atoms with E-state index in [4.69, 9.17) is 5.41 Å². The molecule has 0 heterocycles. The zero-order valence-corrected chi connectivity index (χ0v) is 14.5. The largest absolute Gasteiger partial charge is 0.300 e. The third-order valence-corrected chi connectivity index (χ3v) is 3.93. The molecule has 1 nitrogen and oxygen atoms in total. The number of nitrogens with one attached hydrogen (secondary N) is 1. The van der Waals surface area contributed by atoms with Crippen molar-refractivity contribution < 1.29 is 8.78 Å². The lowest BCUT2D eigenvalue weighted by atomic mass is 9.78. The molecule has 2 aliphatic rings.